The van der Waals surface area contributed by atoms with Crippen LogP contribution in [0.25, 0.3) is 0 Å². The molecule has 3 nitrogen and oxygen atoms in total. The first kappa shape index (κ1) is 16.6. The first-order chi connectivity index (χ1) is 9.91. The SMILES string of the molecule is CCC(N)Cc1cccc(Cl)c1OCC1CCC(C)(C)O1. The molecule has 2 N–H and O–H groups in total. The van der Waals surface area contributed by atoms with Gasteiger partial charge in [0.25, 0.3) is 0 Å². The molecule has 0 aromatic heterocycles. The van der Waals surface area contributed by atoms with E-state index in [-0.39, 0.29) is 17.7 Å². The molecule has 1 fully saturated rings. The summed E-state index contributed by atoms with van der Waals surface area (Å²) >= 11 is 6.29. The number of para-hydroxylation sites is 1. The van der Waals surface area contributed by atoms with Gasteiger partial charge < -0.3 is 15.2 Å². The van der Waals surface area contributed by atoms with E-state index in [0.29, 0.717) is 11.6 Å². The third kappa shape index (κ3) is 4.60. The molecule has 21 heavy (non-hydrogen) atoms. The molecule has 1 saturated heterocycles. The molecule has 0 spiro atoms. The Kier molecular flexibility index (Phi) is 5.53. The summed E-state index contributed by atoms with van der Waals surface area (Å²) in [6, 6.07) is 5.97. The van der Waals surface area contributed by atoms with E-state index in [1.54, 1.807) is 0 Å². The number of hydrogen-bond acceptors (Lipinski definition) is 3. The molecule has 0 amide bonds. The minimum Gasteiger partial charge on any atom is -0.489 e. The van der Waals surface area contributed by atoms with Crippen molar-refractivity contribution < 1.29 is 9.47 Å². The van der Waals surface area contributed by atoms with Gasteiger partial charge in [0, 0.05) is 6.04 Å². The predicted octanol–water partition coefficient (Wildman–Crippen LogP) is 3.96. The summed E-state index contributed by atoms with van der Waals surface area (Å²) in [5.41, 5.74) is 7.09. The van der Waals surface area contributed by atoms with Gasteiger partial charge in [0.15, 0.2) is 0 Å². The third-order valence-corrected chi connectivity index (χ3v) is 4.32. The molecule has 2 rings (SSSR count). The largest absolute Gasteiger partial charge is 0.489 e. The van der Waals surface area contributed by atoms with E-state index in [1.807, 2.05) is 18.2 Å². The Balaban J connectivity index is 2.02. The highest BCUT2D eigenvalue weighted by Crippen LogP contribution is 2.33. The van der Waals surface area contributed by atoms with Crippen LogP contribution in [0, 0.1) is 0 Å². The second-order valence-electron chi connectivity index (χ2n) is 6.45. The van der Waals surface area contributed by atoms with Gasteiger partial charge in [-0.3, -0.25) is 0 Å². The first-order valence-electron chi connectivity index (χ1n) is 7.75. The topological polar surface area (TPSA) is 44.5 Å². The molecule has 1 aromatic carbocycles. The lowest BCUT2D eigenvalue weighted by Crippen LogP contribution is -2.25. The van der Waals surface area contributed by atoms with Crippen LogP contribution in [-0.4, -0.2) is 24.4 Å². The van der Waals surface area contributed by atoms with Crippen LogP contribution in [0.15, 0.2) is 18.2 Å². The van der Waals surface area contributed by atoms with Crippen LogP contribution in [0.2, 0.25) is 5.02 Å². The van der Waals surface area contributed by atoms with Crippen LogP contribution in [0.1, 0.15) is 45.6 Å². The van der Waals surface area contributed by atoms with Crippen molar-refractivity contribution in [2.24, 2.45) is 5.73 Å². The summed E-state index contributed by atoms with van der Waals surface area (Å²) in [6.07, 6.45) is 3.96. The lowest BCUT2D eigenvalue weighted by Gasteiger charge is -2.21. The Labute approximate surface area is 132 Å². The molecule has 1 aromatic rings. The highest BCUT2D eigenvalue weighted by Gasteiger charge is 2.32. The molecule has 1 heterocycles. The second kappa shape index (κ2) is 6.99. The van der Waals surface area contributed by atoms with Crippen molar-refractivity contribution in [2.45, 2.75) is 64.2 Å². The number of halogens is 1. The van der Waals surface area contributed by atoms with Gasteiger partial charge in [-0.1, -0.05) is 30.7 Å². The monoisotopic (exact) mass is 311 g/mol. The zero-order valence-electron chi connectivity index (χ0n) is 13.2. The summed E-state index contributed by atoms with van der Waals surface area (Å²) < 4.78 is 11.9. The van der Waals surface area contributed by atoms with Crippen LogP contribution < -0.4 is 10.5 Å². The Morgan fingerprint density at radius 3 is 2.86 bits per heavy atom. The lowest BCUT2D eigenvalue weighted by molar-refractivity contribution is -0.0327. The van der Waals surface area contributed by atoms with Crippen LogP contribution in [-0.2, 0) is 11.2 Å². The second-order valence-corrected chi connectivity index (χ2v) is 6.86. The minimum atomic E-state index is -0.0398. The molecule has 118 valence electrons. The van der Waals surface area contributed by atoms with E-state index in [9.17, 15) is 0 Å². The summed E-state index contributed by atoms with van der Waals surface area (Å²) in [4.78, 5) is 0. The molecule has 2 unspecified atom stereocenters. The van der Waals surface area contributed by atoms with Crippen LogP contribution in [0.5, 0.6) is 5.75 Å². The van der Waals surface area contributed by atoms with Gasteiger partial charge >= 0.3 is 0 Å². The van der Waals surface area contributed by atoms with Crippen molar-refractivity contribution in [3.05, 3.63) is 28.8 Å². The third-order valence-electron chi connectivity index (χ3n) is 4.02. The van der Waals surface area contributed by atoms with Gasteiger partial charge in [-0.25, -0.2) is 0 Å². The minimum absolute atomic E-state index is 0.0398. The highest BCUT2D eigenvalue weighted by atomic mass is 35.5. The van der Waals surface area contributed by atoms with Crippen molar-refractivity contribution in [3.63, 3.8) is 0 Å². The van der Waals surface area contributed by atoms with Gasteiger partial charge in [0.2, 0.25) is 0 Å². The van der Waals surface area contributed by atoms with Gasteiger partial charge in [0.05, 0.1) is 16.7 Å². The summed E-state index contributed by atoms with van der Waals surface area (Å²) in [5.74, 6) is 0.761. The number of ether oxygens (including phenoxy) is 2. The van der Waals surface area contributed by atoms with E-state index in [2.05, 4.69) is 20.8 Å². The smallest absolute Gasteiger partial charge is 0.141 e. The van der Waals surface area contributed by atoms with E-state index >= 15 is 0 Å². The normalized spacial score (nSPS) is 22.2. The fourth-order valence-corrected chi connectivity index (χ4v) is 2.92. The van der Waals surface area contributed by atoms with Crippen LogP contribution in [0.4, 0.5) is 0 Å². The lowest BCUT2D eigenvalue weighted by atomic mass is 10.0. The average molecular weight is 312 g/mol. The maximum atomic E-state index is 6.29. The molecule has 0 bridgehead atoms. The van der Waals surface area contributed by atoms with Crippen molar-refractivity contribution in [2.75, 3.05) is 6.61 Å². The fraction of sp³-hybridized carbons (Fsp3) is 0.647. The van der Waals surface area contributed by atoms with E-state index in [4.69, 9.17) is 26.8 Å². The molecule has 0 radical (unpaired) electrons. The van der Waals surface area contributed by atoms with Gasteiger partial charge in [0.1, 0.15) is 12.4 Å². The fourth-order valence-electron chi connectivity index (χ4n) is 2.67. The van der Waals surface area contributed by atoms with Crippen molar-refractivity contribution >= 4 is 11.6 Å². The standard InChI is InChI=1S/C17H26ClNO2/c1-4-13(19)10-12-6-5-7-15(18)16(12)20-11-14-8-9-17(2,3)21-14/h5-7,13-14H,4,8-11,19H2,1-3H3. The molecular weight excluding hydrogens is 286 g/mol. The van der Waals surface area contributed by atoms with Gasteiger partial charge in [-0.05, 0) is 51.2 Å². The summed E-state index contributed by atoms with van der Waals surface area (Å²) in [7, 11) is 0. The molecule has 4 heteroatoms. The van der Waals surface area contributed by atoms with Crippen molar-refractivity contribution in [1.82, 2.24) is 0 Å². The number of benzene rings is 1. The van der Waals surface area contributed by atoms with Crippen LogP contribution in [0.3, 0.4) is 0 Å². The first-order valence-corrected chi connectivity index (χ1v) is 8.12. The Hall–Kier alpha value is -0.770. The summed E-state index contributed by atoms with van der Waals surface area (Å²) in [5, 5.41) is 0.646. The van der Waals surface area contributed by atoms with E-state index < -0.39 is 0 Å². The Bertz CT molecular complexity index is 476. The zero-order chi connectivity index (χ0) is 15.5. The number of rotatable bonds is 6. The molecular formula is C17H26ClNO2. The number of nitrogens with two attached hydrogens (primary N) is 1. The Morgan fingerprint density at radius 1 is 1.48 bits per heavy atom. The molecule has 2 atom stereocenters. The molecule has 1 aliphatic heterocycles. The van der Waals surface area contributed by atoms with Crippen LogP contribution >= 0.6 is 11.6 Å². The maximum Gasteiger partial charge on any atom is 0.141 e. The van der Waals surface area contributed by atoms with E-state index in [1.165, 1.54) is 0 Å². The highest BCUT2D eigenvalue weighted by molar-refractivity contribution is 6.32. The van der Waals surface area contributed by atoms with Crippen molar-refractivity contribution in [1.29, 1.82) is 0 Å². The van der Waals surface area contributed by atoms with E-state index in [0.717, 1.165) is 37.0 Å². The number of hydrogen-bond donors (Lipinski definition) is 1. The quantitative estimate of drug-likeness (QED) is 0.865. The Morgan fingerprint density at radius 2 is 2.24 bits per heavy atom. The summed E-state index contributed by atoms with van der Waals surface area (Å²) in [6.45, 7) is 6.87. The average Bonchev–Trinajstić information content (AvgIpc) is 2.77. The maximum absolute atomic E-state index is 6.29. The van der Waals surface area contributed by atoms with Gasteiger partial charge in [-0.2, -0.15) is 0 Å². The molecule has 0 aliphatic carbocycles. The van der Waals surface area contributed by atoms with Gasteiger partial charge in [-0.15, -0.1) is 0 Å². The zero-order valence-corrected chi connectivity index (χ0v) is 14.0. The van der Waals surface area contributed by atoms with Crippen molar-refractivity contribution in [3.8, 4) is 5.75 Å². The molecule has 0 saturated carbocycles. The predicted molar refractivity (Wildman–Crippen MR) is 87.1 cm³/mol. The molecule has 1 aliphatic rings.